The molecule has 8 nitrogen and oxygen atoms in total. The second kappa shape index (κ2) is 10.9. The lowest BCUT2D eigenvalue weighted by Crippen LogP contribution is -2.16. The number of carbonyl (C=O) groups is 1. The molecule has 0 bridgehead atoms. The van der Waals surface area contributed by atoms with Crippen LogP contribution in [0.4, 0.5) is 11.4 Å². The van der Waals surface area contributed by atoms with Gasteiger partial charge in [0.2, 0.25) is 0 Å². The highest BCUT2D eigenvalue weighted by molar-refractivity contribution is 7.92. The van der Waals surface area contributed by atoms with E-state index in [-0.39, 0.29) is 43.4 Å². The molecule has 0 fully saturated rings. The van der Waals surface area contributed by atoms with Crippen molar-refractivity contribution in [1.29, 1.82) is 0 Å². The van der Waals surface area contributed by atoms with Crippen LogP contribution >= 0.6 is 23.2 Å². The van der Waals surface area contributed by atoms with Crippen LogP contribution in [0.2, 0.25) is 10.0 Å². The molecule has 3 aromatic carbocycles. The van der Waals surface area contributed by atoms with Crippen LogP contribution in [0.1, 0.15) is 17.3 Å². The average molecular weight is 525 g/mol. The molecule has 0 aliphatic carbocycles. The molecular weight excluding hydrogens is 503 g/mol. The van der Waals surface area contributed by atoms with Gasteiger partial charge in [-0.2, -0.15) is 0 Å². The minimum absolute atomic E-state index is 0.106. The Bertz CT molecular complexity index is 1310. The average Bonchev–Trinajstić information content (AvgIpc) is 2.81. The van der Waals surface area contributed by atoms with Crippen LogP contribution in [0.3, 0.4) is 0 Å². The van der Waals surface area contributed by atoms with Gasteiger partial charge in [0.25, 0.3) is 15.9 Å². The van der Waals surface area contributed by atoms with Crippen LogP contribution in [0, 0.1) is 0 Å². The number of para-hydroxylation sites is 1. The molecule has 0 radical (unpaired) electrons. The van der Waals surface area contributed by atoms with Gasteiger partial charge in [-0.25, -0.2) is 8.42 Å². The summed E-state index contributed by atoms with van der Waals surface area (Å²) in [4.78, 5) is 12.9. The number of rotatable bonds is 9. The maximum atomic E-state index is 13.0. The van der Waals surface area contributed by atoms with Crippen LogP contribution < -0.4 is 24.2 Å². The fraction of sp³-hybridized carbons (Fsp3) is 0.174. The highest BCUT2D eigenvalue weighted by atomic mass is 35.5. The van der Waals surface area contributed by atoms with E-state index in [0.29, 0.717) is 12.4 Å². The number of nitrogens with one attached hydrogen (secondary N) is 2. The lowest BCUT2D eigenvalue weighted by atomic mass is 10.1. The van der Waals surface area contributed by atoms with Crippen LogP contribution in [0.15, 0.2) is 59.5 Å². The van der Waals surface area contributed by atoms with Gasteiger partial charge in [-0.05, 0) is 49.4 Å². The molecule has 0 heterocycles. The molecule has 2 N–H and O–H groups in total. The summed E-state index contributed by atoms with van der Waals surface area (Å²) in [6.07, 6.45) is 0. The Morgan fingerprint density at radius 1 is 0.912 bits per heavy atom. The third kappa shape index (κ3) is 5.67. The SMILES string of the molecule is CCOc1c(Cl)cc(C(=O)Nc2cc(S(=O)(=O)Nc3ccccc3Cl)ccc2OC)cc1OC. The Kier molecular flexibility index (Phi) is 8.14. The lowest BCUT2D eigenvalue weighted by molar-refractivity contribution is 0.102. The van der Waals surface area contributed by atoms with Gasteiger partial charge in [0, 0.05) is 5.56 Å². The first-order valence-electron chi connectivity index (χ1n) is 9.97. The highest BCUT2D eigenvalue weighted by Crippen LogP contribution is 2.37. The standard InChI is InChI=1S/C23H22Cl2N2O6S/c1-4-33-22-17(25)11-14(12-21(22)32-3)23(28)26-19-13-15(9-10-20(19)31-2)34(29,30)27-18-8-6-5-7-16(18)24/h5-13,27H,4H2,1-3H3,(H,26,28). The molecule has 34 heavy (non-hydrogen) atoms. The van der Waals surface area contributed by atoms with Gasteiger partial charge in [0.1, 0.15) is 5.75 Å². The molecule has 1 amide bonds. The number of amides is 1. The summed E-state index contributed by atoms with van der Waals surface area (Å²) >= 11 is 12.3. The van der Waals surface area contributed by atoms with Gasteiger partial charge in [-0.15, -0.1) is 0 Å². The Hall–Kier alpha value is -3.14. The number of sulfonamides is 1. The molecule has 0 aromatic heterocycles. The van der Waals surface area contributed by atoms with Crippen molar-refractivity contribution in [3.8, 4) is 17.2 Å². The third-order valence-corrected chi connectivity index (χ3v) is 6.60. The largest absolute Gasteiger partial charge is 0.495 e. The van der Waals surface area contributed by atoms with Crippen molar-refractivity contribution in [3.05, 3.63) is 70.2 Å². The van der Waals surface area contributed by atoms with Gasteiger partial charge in [-0.3, -0.25) is 9.52 Å². The van der Waals surface area contributed by atoms with Crippen LogP contribution in [0.25, 0.3) is 0 Å². The van der Waals surface area contributed by atoms with Crippen LogP contribution in [-0.4, -0.2) is 35.2 Å². The first kappa shape index (κ1) is 25.5. The maximum absolute atomic E-state index is 13.0. The van der Waals surface area contributed by atoms with Crippen molar-refractivity contribution in [2.75, 3.05) is 30.9 Å². The number of hydrogen-bond donors (Lipinski definition) is 2. The maximum Gasteiger partial charge on any atom is 0.262 e. The van der Waals surface area contributed by atoms with Crippen LogP contribution in [0.5, 0.6) is 17.2 Å². The Morgan fingerprint density at radius 3 is 2.26 bits per heavy atom. The predicted molar refractivity (Wildman–Crippen MR) is 132 cm³/mol. The van der Waals surface area contributed by atoms with E-state index in [9.17, 15) is 13.2 Å². The molecule has 0 unspecified atom stereocenters. The molecule has 180 valence electrons. The van der Waals surface area contributed by atoms with E-state index in [1.165, 1.54) is 50.6 Å². The highest BCUT2D eigenvalue weighted by Gasteiger charge is 2.21. The van der Waals surface area contributed by atoms with E-state index in [4.69, 9.17) is 37.4 Å². The Balaban J connectivity index is 1.93. The summed E-state index contributed by atoms with van der Waals surface area (Å²) in [5, 5.41) is 3.10. The van der Waals surface area contributed by atoms with Crippen molar-refractivity contribution in [2.24, 2.45) is 0 Å². The topological polar surface area (TPSA) is 103 Å². The molecule has 0 aliphatic rings. The number of ether oxygens (including phenoxy) is 3. The van der Waals surface area contributed by atoms with E-state index in [0.717, 1.165) is 0 Å². The third-order valence-electron chi connectivity index (χ3n) is 4.63. The summed E-state index contributed by atoms with van der Waals surface area (Å²) in [5.74, 6) is 0.301. The zero-order valence-electron chi connectivity index (χ0n) is 18.5. The molecule has 11 heteroatoms. The molecular formula is C23H22Cl2N2O6S. The van der Waals surface area contributed by atoms with Gasteiger partial charge < -0.3 is 19.5 Å². The van der Waals surface area contributed by atoms with Gasteiger partial charge in [-0.1, -0.05) is 35.3 Å². The molecule has 3 rings (SSSR count). The number of carbonyl (C=O) groups excluding carboxylic acids is 1. The van der Waals surface area contributed by atoms with E-state index in [1.807, 2.05) is 0 Å². The fourth-order valence-electron chi connectivity index (χ4n) is 3.03. The Labute approximate surface area is 207 Å². The van der Waals surface area contributed by atoms with Crippen molar-refractivity contribution in [3.63, 3.8) is 0 Å². The predicted octanol–water partition coefficient (Wildman–Crippen LogP) is 5.46. The number of benzene rings is 3. The summed E-state index contributed by atoms with van der Waals surface area (Å²) in [6, 6.07) is 13.4. The summed E-state index contributed by atoms with van der Waals surface area (Å²) in [7, 11) is -1.18. The van der Waals surface area contributed by atoms with E-state index in [1.54, 1.807) is 25.1 Å². The summed E-state index contributed by atoms with van der Waals surface area (Å²) in [6.45, 7) is 2.16. The zero-order valence-corrected chi connectivity index (χ0v) is 20.8. The van der Waals surface area contributed by atoms with Crippen LogP contribution in [-0.2, 0) is 10.0 Å². The Morgan fingerprint density at radius 2 is 1.62 bits per heavy atom. The smallest absolute Gasteiger partial charge is 0.262 e. The minimum Gasteiger partial charge on any atom is -0.495 e. The molecule has 0 saturated carbocycles. The van der Waals surface area contributed by atoms with Crippen molar-refractivity contribution in [1.82, 2.24) is 0 Å². The molecule has 0 spiro atoms. The van der Waals surface area contributed by atoms with E-state index >= 15 is 0 Å². The van der Waals surface area contributed by atoms with E-state index < -0.39 is 15.9 Å². The number of methoxy groups -OCH3 is 2. The normalized spacial score (nSPS) is 11.0. The monoisotopic (exact) mass is 524 g/mol. The van der Waals surface area contributed by atoms with Gasteiger partial charge in [0.05, 0.1) is 47.1 Å². The number of anilines is 2. The van der Waals surface area contributed by atoms with Crippen molar-refractivity contribution in [2.45, 2.75) is 11.8 Å². The fourth-order valence-corrected chi connectivity index (χ4v) is 4.64. The van der Waals surface area contributed by atoms with E-state index in [2.05, 4.69) is 10.0 Å². The molecule has 0 saturated heterocycles. The summed E-state index contributed by atoms with van der Waals surface area (Å²) in [5.41, 5.74) is 0.537. The first-order valence-corrected chi connectivity index (χ1v) is 12.2. The van der Waals surface area contributed by atoms with Gasteiger partial charge in [0.15, 0.2) is 11.5 Å². The molecule has 0 aliphatic heterocycles. The second-order valence-corrected chi connectivity index (χ2v) is 9.32. The van der Waals surface area contributed by atoms with Crippen molar-refractivity contribution < 1.29 is 27.4 Å². The zero-order chi connectivity index (χ0) is 24.9. The number of hydrogen-bond acceptors (Lipinski definition) is 6. The molecule has 3 aromatic rings. The quantitative estimate of drug-likeness (QED) is 0.385. The lowest BCUT2D eigenvalue weighted by Gasteiger charge is -2.15. The minimum atomic E-state index is -4.01. The number of halogens is 2. The summed E-state index contributed by atoms with van der Waals surface area (Å²) < 4.78 is 44.3. The molecule has 0 atom stereocenters. The second-order valence-electron chi connectivity index (χ2n) is 6.82. The first-order chi connectivity index (χ1) is 16.2. The van der Waals surface area contributed by atoms with Gasteiger partial charge >= 0.3 is 0 Å². The van der Waals surface area contributed by atoms with Crippen molar-refractivity contribution >= 4 is 50.5 Å².